The van der Waals surface area contributed by atoms with Crippen LogP contribution in [-0.2, 0) is 15.2 Å². The molecule has 23 heavy (non-hydrogen) atoms. The Balaban J connectivity index is 1.66. The van der Waals surface area contributed by atoms with Crippen molar-refractivity contribution in [1.29, 1.82) is 0 Å². The molecule has 0 aliphatic carbocycles. The Morgan fingerprint density at radius 1 is 0.565 bits per heavy atom. The van der Waals surface area contributed by atoms with Crippen molar-refractivity contribution in [2.24, 2.45) is 9.24 Å². The molecular formula is C20H14CuN2. The molecule has 115 valence electrons. The molecule has 0 unspecified atom stereocenters. The van der Waals surface area contributed by atoms with E-state index in [9.17, 15) is 0 Å². The molecule has 0 N–H and O–H groups in total. The molecule has 0 saturated heterocycles. The van der Waals surface area contributed by atoms with Crippen molar-refractivity contribution in [3.8, 4) is 0 Å². The van der Waals surface area contributed by atoms with Crippen LogP contribution in [0.1, 0.15) is 0 Å². The Morgan fingerprint density at radius 3 is 2.00 bits per heavy atom. The number of fused-ring (bicyclic) bond motifs is 2. The molecule has 0 spiro atoms. The second-order valence-corrected chi connectivity index (χ2v) is 6.05. The van der Waals surface area contributed by atoms with Crippen LogP contribution < -0.4 is 4.46 Å². The summed E-state index contributed by atoms with van der Waals surface area (Å²) in [5, 5.41) is 9.14. The van der Waals surface area contributed by atoms with Crippen molar-refractivity contribution in [3.63, 3.8) is 0 Å². The summed E-state index contributed by atoms with van der Waals surface area (Å²) in [5.41, 5.74) is 0.896. The minimum absolute atomic E-state index is 0.896. The molecule has 0 radical (unpaired) electrons. The van der Waals surface area contributed by atoms with Gasteiger partial charge in [-0.15, -0.1) is 0 Å². The van der Waals surface area contributed by atoms with E-state index in [-0.39, 0.29) is 0 Å². The number of nitrogens with zero attached hydrogens (tertiary/aromatic N) is 2. The third-order valence-electron chi connectivity index (χ3n) is 3.71. The van der Waals surface area contributed by atoms with Crippen LogP contribution in [0.25, 0.3) is 21.5 Å². The van der Waals surface area contributed by atoms with Crippen molar-refractivity contribution in [2.75, 3.05) is 0 Å². The van der Waals surface area contributed by atoms with Gasteiger partial charge in [-0.05, 0) is 0 Å². The van der Waals surface area contributed by atoms with Crippen molar-refractivity contribution < 1.29 is 15.2 Å². The van der Waals surface area contributed by atoms with Crippen molar-refractivity contribution in [3.05, 3.63) is 84.9 Å². The zero-order chi connectivity index (χ0) is 15.5. The summed E-state index contributed by atoms with van der Waals surface area (Å²) in [7, 11) is 0. The first kappa shape index (κ1) is 14.1. The second kappa shape index (κ2) is 6.33. The third-order valence-corrected chi connectivity index (χ3v) is 4.54. The first-order valence-electron chi connectivity index (χ1n) is 7.35. The number of rotatable bonds is 3. The van der Waals surface area contributed by atoms with Crippen LogP contribution in [0, 0.1) is 0 Å². The van der Waals surface area contributed by atoms with Gasteiger partial charge in [0.2, 0.25) is 0 Å². The van der Waals surface area contributed by atoms with Crippen LogP contribution in [0.5, 0.6) is 0 Å². The normalized spacial score (nSPS) is 11.7. The van der Waals surface area contributed by atoms with Gasteiger partial charge in [-0.2, -0.15) is 0 Å². The van der Waals surface area contributed by atoms with E-state index in [0.29, 0.717) is 0 Å². The Morgan fingerprint density at radius 2 is 1.17 bits per heavy atom. The molecule has 3 heteroatoms. The topological polar surface area (TPSA) is 24.7 Å². The summed E-state index contributed by atoms with van der Waals surface area (Å²) in [6.07, 6.45) is 0. The fraction of sp³-hybridized carbons (Fsp3) is 0. The maximum atomic E-state index is 4.42. The fourth-order valence-corrected chi connectivity index (χ4v) is 3.33. The molecular weight excluding hydrogens is 332 g/mol. The van der Waals surface area contributed by atoms with Crippen LogP contribution in [-0.4, -0.2) is 0 Å². The van der Waals surface area contributed by atoms with E-state index >= 15 is 0 Å². The maximum absolute atomic E-state index is 4.42. The molecule has 2 nitrogen and oxygen atoms in total. The van der Waals surface area contributed by atoms with Gasteiger partial charge in [-0.25, -0.2) is 0 Å². The predicted octanol–water partition coefficient (Wildman–Crippen LogP) is 5.40. The van der Waals surface area contributed by atoms with Gasteiger partial charge in [0.1, 0.15) is 0 Å². The van der Waals surface area contributed by atoms with E-state index < -0.39 is 0 Å². The van der Waals surface area contributed by atoms with Gasteiger partial charge < -0.3 is 0 Å². The van der Waals surface area contributed by atoms with Crippen molar-refractivity contribution >= 4 is 31.7 Å². The van der Waals surface area contributed by atoms with E-state index in [1.165, 1.54) is 31.3 Å². The number of benzene rings is 4. The molecule has 0 aliphatic heterocycles. The minimum atomic E-state index is 0.896. The van der Waals surface area contributed by atoms with Gasteiger partial charge in [0, 0.05) is 0 Å². The Bertz CT molecular complexity index is 998. The molecule has 0 aliphatic rings. The van der Waals surface area contributed by atoms with Gasteiger partial charge in [-0.1, -0.05) is 0 Å². The molecule has 0 heterocycles. The van der Waals surface area contributed by atoms with E-state index in [2.05, 4.69) is 57.8 Å². The molecule has 4 rings (SSSR count). The predicted molar refractivity (Wildman–Crippen MR) is 92.0 cm³/mol. The SMILES string of the molecule is c1ccc2c(N=[N][Cu][c]3cccc4ccccc34)cccc2c1. The van der Waals surface area contributed by atoms with Crippen LogP contribution in [0.3, 0.4) is 0 Å². The monoisotopic (exact) mass is 345 g/mol. The zero-order valence-electron chi connectivity index (χ0n) is 12.3. The van der Waals surface area contributed by atoms with E-state index in [4.69, 9.17) is 0 Å². The fourth-order valence-electron chi connectivity index (χ4n) is 2.60. The van der Waals surface area contributed by atoms with Gasteiger partial charge in [0.25, 0.3) is 0 Å². The molecule has 4 aromatic carbocycles. The number of hydrogen-bond acceptors (Lipinski definition) is 2. The Labute approximate surface area is 141 Å². The Kier molecular flexibility index (Phi) is 3.89. The second-order valence-electron chi connectivity index (χ2n) is 5.15. The quantitative estimate of drug-likeness (QED) is 0.351. The Hall–Kier alpha value is -2.48. The molecule has 0 amide bonds. The van der Waals surface area contributed by atoms with Gasteiger partial charge in [-0.3, -0.25) is 0 Å². The molecule has 0 bridgehead atoms. The van der Waals surface area contributed by atoms with Crippen LogP contribution >= 0.6 is 0 Å². The molecule has 0 fully saturated rings. The van der Waals surface area contributed by atoms with Gasteiger partial charge in [0.15, 0.2) is 0 Å². The molecule has 0 saturated carbocycles. The van der Waals surface area contributed by atoms with Crippen LogP contribution in [0.2, 0.25) is 0 Å². The average molecular weight is 346 g/mol. The summed E-state index contributed by atoms with van der Waals surface area (Å²) in [6.45, 7) is 0. The van der Waals surface area contributed by atoms with Crippen LogP contribution in [0.4, 0.5) is 5.69 Å². The molecule has 0 aromatic heterocycles. The molecule has 4 aromatic rings. The van der Waals surface area contributed by atoms with Gasteiger partial charge >= 0.3 is 141 Å². The van der Waals surface area contributed by atoms with Crippen molar-refractivity contribution in [1.82, 2.24) is 0 Å². The standard InChI is InChI=1S/C10H7N2.C10H7.Cu/c11-12-10-7-3-5-8-4-1-2-6-9(8)10;1-2-6-10-8-4-3-7-9(10)5-1;/h1-7H;1-7H;/q-1;;+1. The summed E-state index contributed by atoms with van der Waals surface area (Å²) < 4.78 is 5.45. The first-order chi connectivity index (χ1) is 11.4. The summed E-state index contributed by atoms with van der Waals surface area (Å²) in [6, 6.07) is 28.9. The number of hydrogen-bond donors (Lipinski definition) is 0. The zero-order valence-corrected chi connectivity index (χ0v) is 13.2. The van der Waals surface area contributed by atoms with Gasteiger partial charge in [0.05, 0.1) is 0 Å². The average Bonchev–Trinajstić information content (AvgIpc) is 2.62. The van der Waals surface area contributed by atoms with E-state index in [1.807, 2.05) is 36.4 Å². The molecule has 0 atom stereocenters. The van der Waals surface area contributed by atoms with E-state index in [0.717, 1.165) is 15.5 Å². The summed E-state index contributed by atoms with van der Waals surface area (Å²) >= 11 is 1.51. The third kappa shape index (κ3) is 2.89. The van der Waals surface area contributed by atoms with E-state index in [1.54, 1.807) is 0 Å². The summed E-state index contributed by atoms with van der Waals surface area (Å²) in [5.74, 6) is 0. The first-order valence-corrected chi connectivity index (χ1v) is 8.24. The van der Waals surface area contributed by atoms with Crippen molar-refractivity contribution in [2.45, 2.75) is 0 Å². The summed E-state index contributed by atoms with van der Waals surface area (Å²) in [4.78, 5) is 0. The van der Waals surface area contributed by atoms with Crippen LogP contribution in [0.15, 0.2) is 94.2 Å².